The summed E-state index contributed by atoms with van der Waals surface area (Å²) in [4.78, 5) is 3.64. The van der Waals surface area contributed by atoms with Gasteiger partial charge in [-0.1, -0.05) is 12.1 Å². The minimum absolute atomic E-state index is 0.125. The molecule has 0 aliphatic heterocycles. The third kappa shape index (κ3) is 2.79. The van der Waals surface area contributed by atoms with Gasteiger partial charge in [0.15, 0.2) is 0 Å². The largest absolute Gasteiger partial charge is 0.397 e. The minimum atomic E-state index is -4.50. The van der Waals surface area contributed by atoms with E-state index in [-0.39, 0.29) is 5.56 Å². The number of alkyl halides is 3. The normalized spacial score (nSPS) is 15.7. The van der Waals surface area contributed by atoms with Crippen LogP contribution in [0.2, 0.25) is 0 Å². The van der Waals surface area contributed by atoms with Crippen molar-refractivity contribution in [1.29, 1.82) is 0 Å². The topological polar surface area (TPSA) is 33.1 Å². The fourth-order valence-electron chi connectivity index (χ4n) is 1.20. The number of aromatic nitrogens is 1. The van der Waals surface area contributed by atoms with Crippen molar-refractivity contribution in [2.24, 2.45) is 5.92 Å². The molecule has 0 saturated heterocycles. The Kier molecular flexibility index (Phi) is 3.47. The Hall–Kier alpha value is -1.36. The standard InChI is InChI=1S/C10H10F3NO/c1-2-8(10(11,12)13)9(15)7-4-3-5-14-6-7/h2-6,8-9,15H,1H2/t8-,9+/m1/s1. The van der Waals surface area contributed by atoms with Crippen LogP contribution >= 0.6 is 0 Å². The van der Waals surface area contributed by atoms with E-state index >= 15 is 0 Å². The SMILES string of the molecule is C=C[C@H]([C@@H](O)c1cccnc1)C(F)(F)F. The first kappa shape index (κ1) is 11.7. The molecule has 5 heteroatoms. The molecule has 0 saturated carbocycles. The summed E-state index contributed by atoms with van der Waals surface area (Å²) in [5.74, 6) is -1.97. The highest BCUT2D eigenvalue weighted by Crippen LogP contribution is 2.36. The van der Waals surface area contributed by atoms with Gasteiger partial charge >= 0.3 is 6.18 Å². The van der Waals surface area contributed by atoms with Gasteiger partial charge in [-0.2, -0.15) is 13.2 Å². The lowest BCUT2D eigenvalue weighted by atomic mass is 9.96. The molecule has 0 amide bonds. The Morgan fingerprint density at radius 2 is 2.13 bits per heavy atom. The van der Waals surface area contributed by atoms with Crippen LogP contribution in [0.25, 0.3) is 0 Å². The molecular weight excluding hydrogens is 207 g/mol. The van der Waals surface area contributed by atoms with Crippen molar-refractivity contribution in [3.8, 4) is 0 Å². The summed E-state index contributed by atoms with van der Waals surface area (Å²) >= 11 is 0. The molecule has 82 valence electrons. The molecule has 0 unspecified atom stereocenters. The Bertz CT molecular complexity index is 323. The molecule has 0 fully saturated rings. The zero-order valence-corrected chi connectivity index (χ0v) is 7.78. The number of pyridine rings is 1. The lowest BCUT2D eigenvalue weighted by Gasteiger charge is -2.22. The fraction of sp³-hybridized carbons (Fsp3) is 0.300. The molecule has 2 atom stereocenters. The fourth-order valence-corrected chi connectivity index (χ4v) is 1.20. The van der Waals surface area contributed by atoms with Gasteiger partial charge in [-0.15, -0.1) is 6.58 Å². The summed E-state index contributed by atoms with van der Waals surface area (Å²) in [6.45, 7) is 3.07. The number of nitrogens with zero attached hydrogens (tertiary/aromatic N) is 1. The van der Waals surface area contributed by atoms with E-state index in [1.54, 1.807) is 0 Å². The van der Waals surface area contributed by atoms with Gasteiger partial charge in [0.1, 0.15) is 5.92 Å². The number of rotatable bonds is 3. The van der Waals surface area contributed by atoms with Crippen molar-refractivity contribution in [2.45, 2.75) is 12.3 Å². The van der Waals surface area contributed by atoms with Gasteiger partial charge in [-0.3, -0.25) is 4.98 Å². The van der Waals surface area contributed by atoms with Crippen molar-refractivity contribution in [2.75, 3.05) is 0 Å². The Labute approximate surface area is 85.1 Å². The predicted octanol–water partition coefficient (Wildman–Crippen LogP) is 2.48. The molecule has 0 radical (unpaired) electrons. The number of hydrogen-bond donors (Lipinski definition) is 1. The first-order valence-electron chi connectivity index (χ1n) is 4.24. The summed E-state index contributed by atoms with van der Waals surface area (Å²) in [5, 5.41) is 9.48. The molecule has 15 heavy (non-hydrogen) atoms. The average Bonchev–Trinajstić information content (AvgIpc) is 2.18. The van der Waals surface area contributed by atoms with Gasteiger partial charge in [0.2, 0.25) is 0 Å². The van der Waals surface area contributed by atoms with E-state index in [9.17, 15) is 18.3 Å². The van der Waals surface area contributed by atoms with Crippen LogP contribution in [0.4, 0.5) is 13.2 Å². The van der Waals surface area contributed by atoms with Gasteiger partial charge in [0.05, 0.1) is 6.10 Å². The van der Waals surface area contributed by atoms with E-state index in [2.05, 4.69) is 11.6 Å². The van der Waals surface area contributed by atoms with Crippen LogP contribution in [0.5, 0.6) is 0 Å². The molecule has 2 nitrogen and oxygen atoms in total. The highest BCUT2D eigenvalue weighted by Gasteiger charge is 2.42. The van der Waals surface area contributed by atoms with Gasteiger partial charge in [-0.25, -0.2) is 0 Å². The van der Waals surface area contributed by atoms with Crippen molar-refractivity contribution in [3.63, 3.8) is 0 Å². The van der Waals surface area contributed by atoms with Crippen LogP contribution in [0.15, 0.2) is 37.2 Å². The van der Waals surface area contributed by atoms with Crippen molar-refractivity contribution >= 4 is 0 Å². The highest BCUT2D eigenvalue weighted by atomic mass is 19.4. The molecule has 1 aromatic rings. The second kappa shape index (κ2) is 4.44. The highest BCUT2D eigenvalue weighted by molar-refractivity contribution is 5.15. The predicted molar refractivity (Wildman–Crippen MR) is 48.9 cm³/mol. The van der Waals surface area contributed by atoms with E-state index in [0.717, 1.165) is 0 Å². The van der Waals surface area contributed by atoms with Crippen molar-refractivity contribution in [1.82, 2.24) is 4.98 Å². The molecule has 0 spiro atoms. The third-order valence-electron chi connectivity index (χ3n) is 2.00. The van der Waals surface area contributed by atoms with Crippen molar-refractivity contribution < 1.29 is 18.3 Å². The monoisotopic (exact) mass is 217 g/mol. The quantitative estimate of drug-likeness (QED) is 0.789. The van der Waals surface area contributed by atoms with Gasteiger partial charge in [-0.05, 0) is 11.6 Å². The van der Waals surface area contributed by atoms with E-state index in [0.29, 0.717) is 6.08 Å². The zero-order chi connectivity index (χ0) is 11.5. The average molecular weight is 217 g/mol. The molecule has 1 N–H and O–H groups in total. The molecule has 0 bridgehead atoms. The maximum Gasteiger partial charge on any atom is 0.397 e. The molecule has 0 aromatic carbocycles. The number of aliphatic hydroxyl groups is 1. The maximum atomic E-state index is 12.4. The molecule has 0 aliphatic rings. The Morgan fingerprint density at radius 3 is 2.53 bits per heavy atom. The van der Waals surface area contributed by atoms with Crippen LogP contribution in [0.3, 0.4) is 0 Å². The second-order valence-electron chi connectivity index (χ2n) is 3.03. The van der Waals surface area contributed by atoms with Crippen LogP contribution in [-0.4, -0.2) is 16.3 Å². The van der Waals surface area contributed by atoms with E-state index < -0.39 is 18.2 Å². The third-order valence-corrected chi connectivity index (χ3v) is 2.00. The smallest absolute Gasteiger partial charge is 0.387 e. The Balaban J connectivity index is 2.92. The van der Waals surface area contributed by atoms with Crippen LogP contribution in [-0.2, 0) is 0 Å². The van der Waals surface area contributed by atoms with Crippen LogP contribution in [0.1, 0.15) is 11.7 Å². The summed E-state index contributed by atoms with van der Waals surface area (Å²) in [6, 6.07) is 2.86. The van der Waals surface area contributed by atoms with E-state index in [1.165, 1.54) is 24.5 Å². The lowest BCUT2D eigenvalue weighted by molar-refractivity contribution is -0.185. The summed E-state index contributed by atoms with van der Waals surface area (Å²) in [5.41, 5.74) is 0.125. The molecule has 1 rings (SSSR count). The summed E-state index contributed by atoms with van der Waals surface area (Å²) in [7, 11) is 0. The maximum absolute atomic E-state index is 12.4. The van der Waals surface area contributed by atoms with Gasteiger partial charge < -0.3 is 5.11 Å². The summed E-state index contributed by atoms with van der Waals surface area (Å²) in [6.07, 6.45) is -2.84. The molecule has 1 heterocycles. The van der Waals surface area contributed by atoms with Gasteiger partial charge in [0, 0.05) is 12.4 Å². The second-order valence-corrected chi connectivity index (χ2v) is 3.03. The molecular formula is C10H10F3NO. The Morgan fingerprint density at radius 1 is 1.47 bits per heavy atom. The first-order valence-corrected chi connectivity index (χ1v) is 4.24. The van der Waals surface area contributed by atoms with Crippen molar-refractivity contribution in [3.05, 3.63) is 42.7 Å². The number of hydrogen-bond acceptors (Lipinski definition) is 2. The molecule has 0 aliphatic carbocycles. The zero-order valence-electron chi connectivity index (χ0n) is 7.78. The van der Waals surface area contributed by atoms with Crippen LogP contribution < -0.4 is 0 Å². The lowest BCUT2D eigenvalue weighted by Crippen LogP contribution is -2.27. The van der Waals surface area contributed by atoms with Gasteiger partial charge in [0.25, 0.3) is 0 Å². The summed E-state index contributed by atoms with van der Waals surface area (Å²) < 4.78 is 37.2. The minimum Gasteiger partial charge on any atom is -0.387 e. The first-order chi connectivity index (χ1) is 6.96. The number of halogens is 3. The van der Waals surface area contributed by atoms with E-state index in [4.69, 9.17) is 0 Å². The van der Waals surface area contributed by atoms with E-state index in [1.807, 2.05) is 0 Å². The molecule has 1 aromatic heterocycles. The number of aliphatic hydroxyl groups excluding tert-OH is 1. The van der Waals surface area contributed by atoms with Crippen LogP contribution in [0, 0.1) is 5.92 Å².